The van der Waals surface area contributed by atoms with Crippen LogP contribution in [0.25, 0.3) is 0 Å². The van der Waals surface area contributed by atoms with Crippen molar-refractivity contribution in [1.29, 1.82) is 0 Å². The summed E-state index contributed by atoms with van der Waals surface area (Å²) in [5, 5.41) is 0. The van der Waals surface area contributed by atoms with Gasteiger partial charge in [-0.2, -0.15) is 13.2 Å². The molecule has 0 aliphatic carbocycles. The van der Waals surface area contributed by atoms with E-state index in [4.69, 9.17) is 5.73 Å². The zero-order valence-electron chi connectivity index (χ0n) is 11.3. The summed E-state index contributed by atoms with van der Waals surface area (Å²) in [5.41, 5.74) is 8.83. The summed E-state index contributed by atoms with van der Waals surface area (Å²) in [6, 6.07) is 10.4. The fourth-order valence-corrected chi connectivity index (χ4v) is 2.26. The summed E-state index contributed by atoms with van der Waals surface area (Å²) in [4.78, 5) is 0. The molecule has 1 unspecified atom stereocenters. The summed E-state index contributed by atoms with van der Waals surface area (Å²) in [5.74, 6) is 0. The third-order valence-electron chi connectivity index (χ3n) is 3.33. The molecule has 0 fully saturated rings. The van der Waals surface area contributed by atoms with E-state index in [9.17, 15) is 13.2 Å². The number of aryl methyl sites for hydroxylation is 2. The average Bonchev–Trinajstić information content (AvgIpc) is 2.37. The van der Waals surface area contributed by atoms with Crippen molar-refractivity contribution in [3.8, 4) is 0 Å². The topological polar surface area (TPSA) is 26.0 Å². The van der Waals surface area contributed by atoms with Gasteiger partial charge in [0.05, 0.1) is 11.6 Å². The molecule has 1 nitrogen and oxygen atoms in total. The summed E-state index contributed by atoms with van der Waals surface area (Å²) in [7, 11) is 0. The van der Waals surface area contributed by atoms with Crippen LogP contribution in [0.15, 0.2) is 42.5 Å². The zero-order valence-corrected chi connectivity index (χ0v) is 11.3. The van der Waals surface area contributed by atoms with Crippen LogP contribution in [0.4, 0.5) is 13.2 Å². The highest BCUT2D eigenvalue weighted by Crippen LogP contribution is 2.32. The van der Waals surface area contributed by atoms with Crippen molar-refractivity contribution in [2.45, 2.75) is 26.1 Å². The van der Waals surface area contributed by atoms with Gasteiger partial charge in [0.15, 0.2) is 0 Å². The summed E-state index contributed by atoms with van der Waals surface area (Å²) < 4.78 is 38.2. The molecule has 0 radical (unpaired) electrons. The molecule has 106 valence electrons. The van der Waals surface area contributed by atoms with Crippen molar-refractivity contribution < 1.29 is 13.2 Å². The lowest BCUT2D eigenvalue weighted by molar-refractivity contribution is -0.137. The Balaban J connectivity index is 2.41. The predicted octanol–water partition coefficient (Wildman–Crippen LogP) is 4.37. The lowest BCUT2D eigenvalue weighted by Crippen LogP contribution is -2.15. The van der Waals surface area contributed by atoms with Gasteiger partial charge in [0.2, 0.25) is 0 Å². The molecule has 0 amide bonds. The first-order valence-corrected chi connectivity index (χ1v) is 6.29. The molecule has 1 atom stereocenters. The highest BCUT2D eigenvalue weighted by molar-refractivity contribution is 5.40. The Labute approximate surface area is 116 Å². The molecule has 0 heterocycles. The van der Waals surface area contributed by atoms with Crippen molar-refractivity contribution in [3.05, 3.63) is 70.3 Å². The quantitative estimate of drug-likeness (QED) is 0.868. The van der Waals surface area contributed by atoms with Gasteiger partial charge in [0.25, 0.3) is 0 Å². The molecule has 0 aromatic heterocycles. The van der Waals surface area contributed by atoms with E-state index in [-0.39, 0.29) is 0 Å². The standard InChI is InChI=1S/C16H16F3N/c1-10-6-7-14(11(2)8-10)15(20)12-4-3-5-13(9-12)16(17,18)19/h3-9,15H,20H2,1-2H3. The molecular weight excluding hydrogens is 263 g/mol. The van der Waals surface area contributed by atoms with E-state index >= 15 is 0 Å². The van der Waals surface area contributed by atoms with Gasteiger partial charge in [-0.15, -0.1) is 0 Å². The second kappa shape index (κ2) is 5.29. The number of hydrogen-bond acceptors (Lipinski definition) is 1. The third kappa shape index (κ3) is 3.02. The first-order valence-electron chi connectivity index (χ1n) is 6.29. The maximum Gasteiger partial charge on any atom is 0.416 e. The number of halogens is 3. The van der Waals surface area contributed by atoms with Gasteiger partial charge in [-0.05, 0) is 42.7 Å². The van der Waals surface area contributed by atoms with Crippen molar-refractivity contribution in [1.82, 2.24) is 0 Å². The number of hydrogen-bond donors (Lipinski definition) is 1. The largest absolute Gasteiger partial charge is 0.416 e. The Morgan fingerprint density at radius 2 is 1.70 bits per heavy atom. The number of alkyl halides is 3. The van der Waals surface area contributed by atoms with Crippen LogP contribution in [0, 0.1) is 13.8 Å². The van der Waals surface area contributed by atoms with E-state index in [1.54, 1.807) is 6.07 Å². The van der Waals surface area contributed by atoms with Crippen molar-refractivity contribution in [2.24, 2.45) is 5.73 Å². The minimum absolute atomic E-state index is 0.465. The lowest BCUT2D eigenvalue weighted by Gasteiger charge is -2.17. The minimum Gasteiger partial charge on any atom is -0.320 e. The van der Waals surface area contributed by atoms with Crippen LogP contribution < -0.4 is 5.73 Å². The predicted molar refractivity (Wildman–Crippen MR) is 73.4 cm³/mol. The molecule has 2 rings (SSSR count). The molecule has 0 aliphatic heterocycles. The molecule has 0 spiro atoms. The minimum atomic E-state index is -4.35. The molecule has 2 aromatic rings. The zero-order chi connectivity index (χ0) is 14.9. The molecule has 2 aromatic carbocycles. The van der Waals surface area contributed by atoms with Crippen LogP contribution in [-0.4, -0.2) is 0 Å². The van der Waals surface area contributed by atoms with Crippen LogP contribution in [-0.2, 0) is 6.18 Å². The Kier molecular flexibility index (Phi) is 3.86. The molecular formula is C16H16F3N. The highest BCUT2D eigenvalue weighted by atomic mass is 19.4. The lowest BCUT2D eigenvalue weighted by atomic mass is 9.93. The molecule has 0 aliphatic rings. The highest BCUT2D eigenvalue weighted by Gasteiger charge is 2.30. The normalized spacial score (nSPS) is 13.3. The number of rotatable bonds is 2. The van der Waals surface area contributed by atoms with Crippen LogP contribution in [0.2, 0.25) is 0 Å². The van der Waals surface area contributed by atoms with Gasteiger partial charge >= 0.3 is 6.18 Å². The van der Waals surface area contributed by atoms with E-state index in [0.29, 0.717) is 5.56 Å². The van der Waals surface area contributed by atoms with Gasteiger partial charge in [-0.25, -0.2) is 0 Å². The molecule has 0 bridgehead atoms. The first-order chi connectivity index (χ1) is 9.29. The van der Waals surface area contributed by atoms with Gasteiger partial charge < -0.3 is 5.73 Å². The Morgan fingerprint density at radius 1 is 1.00 bits per heavy atom. The summed E-state index contributed by atoms with van der Waals surface area (Å²) >= 11 is 0. The first kappa shape index (κ1) is 14.6. The number of benzene rings is 2. The summed E-state index contributed by atoms with van der Waals surface area (Å²) in [6.07, 6.45) is -4.35. The second-order valence-electron chi connectivity index (χ2n) is 4.96. The maximum absolute atomic E-state index is 12.7. The molecule has 0 saturated heterocycles. The maximum atomic E-state index is 12.7. The Morgan fingerprint density at radius 3 is 2.30 bits per heavy atom. The fraction of sp³-hybridized carbons (Fsp3) is 0.250. The van der Waals surface area contributed by atoms with E-state index in [0.717, 1.165) is 28.8 Å². The van der Waals surface area contributed by atoms with Gasteiger partial charge in [0, 0.05) is 0 Å². The molecule has 20 heavy (non-hydrogen) atoms. The van der Waals surface area contributed by atoms with Crippen LogP contribution in [0.3, 0.4) is 0 Å². The average molecular weight is 279 g/mol. The third-order valence-corrected chi connectivity index (χ3v) is 3.33. The van der Waals surface area contributed by atoms with Gasteiger partial charge in [0.1, 0.15) is 0 Å². The van der Waals surface area contributed by atoms with E-state index in [1.807, 2.05) is 32.0 Å². The van der Waals surface area contributed by atoms with Crippen molar-refractivity contribution in [2.75, 3.05) is 0 Å². The SMILES string of the molecule is Cc1ccc(C(N)c2cccc(C(F)(F)F)c2)c(C)c1. The van der Waals surface area contributed by atoms with Crippen molar-refractivity contribution in [3.63, 3.8) is 0 Å². The van der Waals surface area contributed by atoms with E-state index < -0.39 is 17.8 Å². The number of nitrogens with two attached hydrogens (primary N) is 1. The molecule has 2 N–H and O–H groups in total. The Bertz CT molecular complexity index is 617. The summed E-state index contributed by atoms with van der Waals surface area (Å²) in [6.45, 7) is 3.88. The van der Waals surface area contributed by atoms with E-state index in [2.05, 4.69) is 0 Å². The second-order valence-corrected chi connectivity index (χ2v) is 4.96. The Hall–Kier alpha value is -1.81. The van der Waals surface area contributed by atoms with Crippen LogP contribution >= 0.6 is 0 Å². The molecule has 0 saturated carbocycles. The fourth-order valence-electron chi connectivity index (χ4n) is 2.26. The van der Waals surface area contributed by atoms with Crippen LogP contribution in [0.5, 0.6) is 0 Å². The smallest absolute Gasteiger partial charge is 0.320 e. The van der Waals surface area contributed by atoms with Crippen molar-refractivity contribution >= 4 is 0 Å². The van der Waals surface area contributed by atoms with E-state index in [1.165, 1.54) is 6.07 Å². The van der Waals surface area contributed by atoms with Gasteiger partial charge in [-0.1, -0.05) is 35.9 Å². The van der Waals surface area contributed by atoms with Crippen LogP contribution in [0.1, 0.15) is 33.9 Å². The monoisotopic (exact) mass is 279 g/mol. The van der Waals surface area contributed by atoms with Gasteiger partial charge in [-0.3, -0.25) is 0 Å². The molecule has 4 heteroatoms.